The van der Waals surface area contributed by atoms with Crippen LogP contribution in [0.5, 0.6) is 0 Å². The fourth-order valence-electron chi connectivity index (χ4n) is 2.11. The zero-order valence-electron chi connectivity index (χ0n) is 13.9. The lowest BCUT2D eigenvalue weighted by atomic mass is 10.2. The van der Waals surface area contributed by atoms with E-state index in [9.17, 15) is 4.21 Å². The summed E-state index contributed by atoms with van der Waals surface area (Å²) in [7, 11) is -0.889. The molecule has 1 aromatic carbocycles. The number of benzene rings is 1. The van der Waals surface area contributed by atoms with Gasteiger partial charge in [0.15, 0.2) is 5.96 Å². The molecule has 5 nitrogen and oxygen atoms in total. The first-order valence-electron chi connectivity index (χ1n) is 8.09. The highest BCUT2D eigenvalue weighted by Gasteiger charge is 2.03. The lowest BCUT2D eigenvalue weighted by Gasteiger charge is -2.11. The first-order valence-corrected chi connectivity index (χ1v) is 9.57. The average Bonchev–Trinajstić information content (AvgIpc) is 2.61. The normalized spacial score (nSPS) is 12.6. The standard InChI is InChI=1S/C18H24N4OS/c1-2-19-18(22-14-17-10-6-7-11-20-17)21-12-13-24(23)15-16-8-4-3-5-9-16/h3-11H,2,12-15H2,1H3,(H2,19,21,22). The first-order chi connectivity index (χ1) is 11.8. The molecule has 1 atom stereocenters. The van der Waals surface area contributed by atoms with Gasteiger partial charge in [-0.2, -0.15) is 0 Å². The zero-order chi connectivity index (χ0) is 17.0. The molecule has 6 heteroatoms. The molecule has 0 aliphatic rings. The van der Waals surface area contributed by atoms with E-state index in [1.165, 1.54) is 0 Å². The topological polar surface area (TPSA) is 66.4 Å². The Labute approximate surface area is 146 Å². The molecule has 2 rings (SSSR count). The highest BCUT2D eigenvalue weighted by molar-refractivity contribution is 7.84. The Kier molecular flexibility index (Phi) is 7.97. The monoisotopic (exact) mass is 344 g/mol. The molecule has 1 heterocycles. The molecule has 2 N–H and O–H groups in total. The van der Waals surface area contributed by atoms with E-state index in [0.717, 1.165) is 23.8 Å². The van der Waals surface area contributed by atoms with Gasteiger partial charge in [-0.15, -0.1) is 0 Å². The molecule has 0 aliphatic carbocycles. The van der Waals surface area contributed by atoms with Crippen LogP contribution >= 0.6 is 0 Å². The largest absolute Gasteiger partial charge is 0.357 e. The van der Waals surface area contributed by atoms with Crippen LogP contribution in [0, 0.1) is 0 Å². The van der Waals surface area contributed by atoms with Gasteiger partial charge in [0.05, 0.1) is 12.2 Å². The van der Waals surface area contributed by atoms with Crippen molar-refractivity contribution in [1.29, 1.82) is 0 Å². The fourth-order valence-corrected chi connectivity index (χ4v) is 3.15. The van der Waals surface area contributed by atoms with E-state index in [1.54, 1.807) is 6.20 Å². The lowest BCUT2D eigenvalue weighted by molar-refractivity contribution is 0.680. The predicted molar refractivity (Wildman–Crippen MR) is 100 cm³/mol. The molecule has 0 amide bonds. The summed E-state index contributed by atoms with van der Waals surface area (Å²) in [6.45, 7) is 3.93. The van der Waals surface area contributed by atoms with Gasteiger partial charge in [0, 0.05) is 41.6 Å². The number of rotatable bonds is 8. The second kappa shape index (κ2) is 10.5. The Balaban J connectivity index is 1.77. The fraction of sp³-hybridized carbons (Fsp3) is 0.333. The molecular weight excluding hydrogens is 320 g/mol. The molecule has 0 saturated carbocycles. The van der Waals surface area contributed by atoms with E-state index in [-0.39, 0.29) is 0 Å². The Hall–Kier alpha value is -2.21. The van der Waals surface area contributed by atoms with Gasteiger partial charge in [0.1, 0.15) is 0 Å². The zero-order valence-corrected chi connectivity index (χ0v) is 14.8. The van der Waals surface area contributed by atoms with E-state index in [2.05, 4.69) is 20.6 Å². The number of hydrogen-bond donors (Lipinski definition) is 2. The highest BCUT2D eigenvalue weighted by Crippen LogP contribution is 2.02. The van der Waals surface area contributed by atoms with Crippen molar-refractivity contribution >= 4 is 16.8 Å². The average molecular weight is 344 g/mol. The van der Waals surface area contributed by atoms with Gasteiger partial charge < -0.3 is 10.6 Å². The number of hydrogen-bond acceptors (Lipinski definition) is 3. The van der Waals surface area contributed by atoms with Crippen LogP contribution in [0.4, 0.5) is 0 Å². The summed E-state index contributed by atoms with van der Waals surface area (Å²) >= 11 is 0. The van der Waals surface area contributed by atoms with Crippen molar-refractivity contribution in [2.75, 3.05) is 18.8 Å². The van der Waals surface area contributed by atoms with Crippen molar-refractivity contribution in [3.8, 4) is 0 Å². The maximum Gasteiger partial charge on any atom is 0.191 e. The van der Waals surface area contributed by atoms with Crippen LogP contribution in [0.1, 0.15) is 18.2 Å². The third kappa shape index (κ3) is 6.91. The van der Waals surface area contributed by atoms with Crippen molar-refractivity contribution in [2.45, 2.75) is 19.2 Å². The lowest BCUT2D eigenvalue weighted by Crippen LogP contribution is -2.39. The number of aliphatic imine (C=N–C) groups is 1. The molecule has 2 aromatic rings. The van der Waals surface area contributed by atoms with Crippen LogP contribution in [0.3, 0.4) is 0 Å². The van der Waals surface area contributed by atoms with E-state index in [0.29, 0.717) is 24.6 Å². The summed E-state index contributed by atoms with van der Waals surface area (Å²) in [6.07, 6.45) is 1.76. The minimum Gasteiger partial charge on any atom is -0.357 e. The minimum atomic E-state index is -0.889. The SMILES string of the molecule is CCNC(=NCc1ccccn1)NCCS(=O)Cc1ccccc1. The van der Waals surface area contributed by atoms with Crippen LogP contribution < -0.4 is 10.6 Å². The predicted octanol–water partition coefficient (Wildman–Crippen LogP) is 2.09. The van der Waals surface area contributed by atoms with Crippen LogP contribution in [0.25, 0.3) is 0 Å². The van der Waals surface area contributed by atoms with Gasteiger partial charge in [-0.25, -0.2) is 4.99 Å². The van der Waals surface area contributed by atoms with Gasteiger partial charge in [0.25, 0.3) is 0 Å². The molecule has 1 aromatic heterocycles. The van der Waals surface area contributed by atoms with E-state index in [4.69, 9.17) is 0 Å². The number of nitrogens with zero attached hydrogens (tertiary/aromatic N) is 2. The molecule has 0 spiro atoms. The van der Waals surface area contributed by atoms with Gasteiger partial charge in [-0.3, -0.25) is 9.19 Å². The van der Waals surface area contributed by atoms with Crippen molar-refractivity contribution in [2.24, 2.45) is 4.99 Å². The van der Waals surface area contributed by atoms with E-state index < -0.39 is 10.8 Å². The quantitative estimate of drug-likeness (QED) is 0.568. The van der Waals surface area contributed by atoms with Gasteiger partial charge in [-0.05, 0) is 24.6 Å². The third-order valence-electron chi connectivity index (χ3n) is 3.26. The second-order valence-electron chi connectivity index (χ2n) is 5.22. The second-order valence-corrected chi connectivity index (χ2v) is 6.79. The summed E-state index contributed by atoms with van der Waals surface area (Å²) in [6, 6.07) is 15.7. The van der Waals surface area contributed by atoms with Crippen LogP contribution in [-0.2, 0) is 23.1 Å². The number of aromatic nitrogens is 1. The molecule has 0 saturated heterocycles. The molecule has 128 valence electrons. The van der Waals surface area contributed by atoms with Crippen LogP contribution in [0.2, 0.25) is 0 Å². The molecule has 0 fully saturated rings. The summed E-state index contributed by atoms with van der Waals surface area (Å²) in [5, 5.41) is 6.41. The Bertz CT molecular complexity index is 647. The molecule has 24 heavy (non-hydrogen) atoms. The van der Waals surface area contributed by atoms with E-state index in [1.807, 2.05) is 55.5 Å². The van der Waals surface area contributed by atoms with Crippen molar-refractivity contribution in [1.82, 2.24) is 15.6 Å². The maximum atomic E-state index is 12.1. The Morgan fingerprint density at radius 3 is 2.62 bits per heavy atom. The Morgan fingerprint density at radius 1 is 1.12 bits per heavy atom. The van der Waals surface area contributed by atoms with Crippen LogP contribution in [-0.4, -0.2) is 34.0 Å². The number of nitrogens with one attached hydrogen (secondary N) is 2. The number of pyridine rings is 1. The van der Waals surface area contributed by atoms with Crippen molar-refractivity contribution < 1.29 is 4.21 Å². The Morgan fingerprint density at radius 2 is 1.92 bits per heavy atom. The maximum absolute atomic E-state index is 12.1. The molecule has 1 unspecified atom stereocenters. The highest BCUT2D eigenvalue weighted by atomic mass is 32.2. The van der Waals surface area contributed by atoms with Gasteiger partial charge in [0.2, 0.25) is 0 Å². The summed E-state index contributed by atoms with van der Waals surface area (Å²) in [5.74, 6) is 1.90. The molecule has 0 bridgehead atoms. The van der Waals surface area contributed by atoms with Crippen molar-refractivity contribution in [3.05, 3.63) is 66.0 Å². The summed E-state index contributed by atoms with van der Waals surface area (Å²) < 4.78 is 12.1. The summed E-state index contributed by atoms with van der Waals surface area (Å²) in [4.78, 5) is 8.75. The smallest absolute Gasteiger partial charge is 0.191 e. The number of guanidine groups is 1. The first kappa shape index (κ1) is 18.1. The van der Waals surface area contributed by atoms with Crippen LogP contribution in [0.15, 0.2) is 59.7 Å². The third-order valence-corrected chi connectivity index (χ3v) is 4.58. The van der Waals surface area contributed by atoms with Gasteiger partial charge >= 0.3 is 0 Å². The van der Waals surface area contributed by atoms with Gasteiger partial charge in [-0.1, -0.05) is 36.4 Å². The minimum absolute atomic E-state index is 0.517. The van der Waals surface area contributed by atoms with Crippen molar-refractivity contribution in [3.63, 3.8) is 0 Å². The molecule has 0 aliphatic heterocycles. The van der Waals surface area contributed by atoms with E-state index >= 15 is 0 Å². The molecular formula is C18H24N4OS. The molecule has 0 radical (unpaired) electrons. The summed E-state index contributed by atoms with van der Waals surface area (Å²) in [5.41, 5.74) is 2.02.